The van der Waals surface area contributed by atoms with E-state index >= 15 is 0 Å². The van der Waals surface area contributed by atoms with Gasteiger partial charge in [0.15, 0.2) is 0 Å². The smallest absolute Gasteiger partial charge is 0.410 e. The Balaban J connectivity index is 1.76. The molecule has 1 aromatic carbocycles. The van der Waals surface area contributed by atoms with Crippen LogP contribution in [0.25, 0.3) is 0 Å². The number of ether oxygens (including phenoxy) is 2. The maximum atomic E-state index is 12.0. The Bertz CT molecular complexity index is 618. The van der Waals surface area contributed by atoms with Gasteiger partial charge in [-0.3, -0.25) is 0 Å². The van der Waals surface area contributed by atoms with Crippen LogP contribution in [0.4, 0.5) is 9.59 Å². The van der Waals surface area contributed by atoms with Crippen LogP contribution in [0.1, 0.15) is 57.3 Å². The highest BCUT2D eigenvalue weighted by molar-refractivity contribution is 5.68. The van der Waals surface area contributed by atoms with Crippen LogP contribution < -0.4 is 5.32 Å². The molecule has 1 atom stereocenters. The van der Waals surface area contributed by atoms with Gasteiger partial charge in [0, 0.05) is 13.1 Å². The van der Waals surface area contributed by atoms with Crippen LogP contribution in [0.15, 0.2) is 24.3 Å². The number of carbonyl (C=O) groups is 2. The second-order valence-corrected chi connectivity index (χ2v) is 7.74. The van der Waals surface area contributed by atoms with Crippen LogP contribution in [0.5, 0.6) is 0 Å². The Morgan fingerprint density at radius 2 is 1.78 bits per heavy atom. The van der Waals surface area contributed by atoms with Crippen molar-refractivity contribution in [2.45, 2.75) is 58.3 Å². The number of nitrogens with zero attached hydrogens (tertiary/aromatic N) is 1. The number of aliphatic hydroxyl groups excluding tert-OH is 1. The van der Waals surface area contributed by atoms with Crippen molar-refractivity contribution in [1.82, 2.24) is 10.2 Å². The van der Waals surface area contributed by atoms with Crippen LogP contribution >= 0.6 is 0 Å². The molecule has 2 N–H and O–H groups in total. The van der Waals surface area contributed by atoms with E-state index in [1.165, 1.54) is 0 Å². The molecule has 0 radical (unpaired) electrons. The molecule has 1 heterocycles. The molecular formula is C20H30N2O5. The van der Waals surface area contributed by atoms with Gasteiger partial charge < -0.3 is 24.8 Å². The SMILES string of the molecule is CC(C)(C)OC(=O)NCC(O)c1ccc(COC(=O)N2CCCCC2)cc1. The summed E-state index contributed by atoms with van der Waals surface area (Å²) in [4.78, 5) is 25.4. The number of benzene rings is 1. The van der Waals surface area contributed by atoms with Gasteiger partial charge in [-0.25, -0.2) is 9.59 Å². The van der Waals surface area contributed by atoms with Gasteiger partial charge in [0.25, 0.3) is 0 Å². The van der Waals surface area contributed by atoms with Crippen molar-refractivity contribution in [2.24, 2.45) is 0 Å². The van der Waals surface area contributed by atoms with E-state index in [0.29, 0.717) is 5.56 Å². The summed E-state index contributed by atoms with van der Waals surface area (Å²) in [5, 5.41) is 12.7. The molecule has 7 nitrogen and oxygen atoms in total. The van der Waals surface area contributed by atoms with E-state index < -0.39 is 17.8 Å². The molecule has 0 aromatic heterocycles. The molecule has 150 valence electrons. The van der Waals surface area contributed by atoms with E-state index in [1.54, 1.807) is 49.9 Å². The second kappa shape index (κ2) is 9.60. The average molecular weight is 378 g/mol. The monoisotopic (exact) mass is 378 g/mol. The predicted molar refractivity (Wildman–Crippen MR) is 101 cm³/mol. The van der Waals surface area contributed by atoms with Crippen LogP contribution in [-0.2, 0) is 16.1 Å². The number of hydrogen-bond donors (Lipinski definition) is 2. The number of likely N-dealkylation sites (tertiary alicyclic amines) is 1. The fourth-order valence-corrected chi connectivity index (χ4v) is 2.76. The summed E-state index contributed by atoms with van der Waals surface area (Å²) in [6, 6.07) is 7.11. The van der Waals surface area contributed by atoms with Gasteiger partial charge in [-0.1, -0.05) is 24.3 Å². The number of amides is 2. The van der Waals surface area contributed by atoms with Crippen LogP contribution in [0.2, 0.25) is 0 Å². The van der Waals surface area contributed by atoms with Crippen molar-refractivity contribution < 1.29 is 24.2 Å². The van der Waals surface area contributed by atoms with E-state index in [1.807, 2.05) is 0 Å². The van der Waals surface area contributed by atoms with Gasteiger partial charge in [-0.2, -0.15) is 0 Å². The summed E-state index contributed by atoms with van der Waals surface area (Å²) in [5.74, 6) is 0. The van der Waals surface area contributed by atoms with Crippen molar-refractivity contribution >= 4 is 12.2 Å². The first-order chi connectivity index (χ1) is 12.7. The number of hydrogen-bond acceptors (Lipinski definition) is 5. The lowest BCUT2D eigenvalue weighted by Crippen LogP contribution is -2.35. The summed E-state index contributed by atoms with van der Waals surface area (Å²) >= 11 is 0. The maximum Gasteiger partial charge on any atom is 0.410 e. The lowest BCUT2D eigenvalue weighted by molar-refractivity contribution is 0.0491. The molecule has 7 heteroatoms. The van der Waals surface area contributed by atoms with E-state index in [4.69, 9.17) is 9.47 Å². The highest BCUT2D eigenvalue weighted by atomic mass is 16.6. The van der Waals surface area contributed by atoms with Crippen molar-refractivity contribution in [3.05, 3.63) is 35.4 Å². The fourth-order valence-electron chi connectivity index (χ4n) is 2.76. The van der Waals surface area contributed by atoms with Gasteiger partial charge in [-0.15, -0.1) is 0 Å². The third-order valence-electron chi connectivity index (χ3n) is 4.18. The average Bonchev–Trinajstić information content (AvgIpc) is 2.64. The lowest BCUT2D eigenvalue weighted by atomic mass is 10.1. The highest BCUT2D eigenvalue weighted by Crippen LogP contribution is 2.15. The molecule has 1 fully saturated rings. The van der Waals surface area contributed by atoms with Crippen LogP contribution in [-0.4, -0.2) is 47.4 Å². The van der Waals surface area contributed by atoms with Crippen molar-refractivity contribution in [3.63, 3.8) is 0 Å². The molecule has 27 heavy (non-hydrogen) atoms. The molecule has 1 unspecified atom stereocenters. The molecule has 0 saturated carbocycles. The molecular weight excluding hydrogens is 348 g/mol. The maximum absolute atomic E-state index is 12.0. The van der Waals surface area contributed by atoms with Gasteiger partial charge in [0.1, 0.15) is 12.2 Å². The summed E-state index contributed by atoms with van der Waals surface area (Å²) in [6.45, 7) is 7.10. The second-order valence-electron chi connectivity index (χ2n) is 7.74. The van der Waals surface area contributed by atoms with Crippen LogP contribution in [0, 0.1) is 0 Å². The van der Waals surface area contributed by atoms with E-state index in [9.17, 15) is 14.7 Å². The van der Waals surface area contributed by atoms with Gasteiger partial charge in [0.05, 0.1) is 12.6 Å². The summed E-state index contributed by atoms with van der Waals surface area (Å²) < 4.78 is 10.5. The van der Waals surface area contributed by atoms with Crippen LogP contribution in [0.3, 0.4) is 0 Å². The third kappa shape index (κ3) is 7.46. The standard InChI is InChI=1S/C20H30N2O5/c1-20(2,3)27-18(24)21-13-17(23)16-9-7-15(8-10-16)14-26-19(25)22-11-5-4-6-12-22/h7-10,17,23H,4-6,11-14H2,1-3H3,(H,21,24). The summed E-state index contributed by atoms with van der Waals surface area (Å²) in [5.41, 5.74) is 0.927. The molecule has 2 rings (SSSR count). The zero-order valence-electron chi connectivity index (χ0n) is 16.4. The number of carbonyl (C=O) groups excluding carboxylic acids is 2. The quantitative estimate of drug-likeness (QED) is 0.820. The largest absolute Gasteiger partial charge is 0.445 e. The predicted octanol–water partition coefficient (Wildman–Crippen LogP) is 3.37. The van der Waals surface area contributed by atoms with E-state index in [2.05, 4.69) is 5.32 Å². The lowest BCUT2D eigenvalue weighted by Gasteiger charge is -2.25. The van der Waals surface area contributed by atoms with E-state index in [-0.39, 0.29) is 19.2 Å². The zero-order valence-corrected chi connectivity index (χ0v) is 16.4. The first-order valence-electron chi connectivity index (χ1n) is 9.40. The minimum absolute atomic E-state index is 0.0538. The number of alkyl carbamates (subject to hydrolysis) is 1. The highest BCUT2D eigenvalue weighted by Gasteiger charge is 2.18. The fraction of sp³-hybridized carbons (Fsp3) is 0.600. The van der Waals surface area contributed by atoms with E-state index in [0.717, 1.165) is 37.9 Å². The summed E-state index contributed by atoms with van der Waals surface area (Å²) in [7, 11) is 0. The summed E-state index contributed by atoms with van der Waals surface area (Å²) in [6.07, 6.45) is 1.53. The Morgan fingerprint density at radius 3 is 2.37 bits per heavy atom. The molecule has 1 aliphatic rings. The third-order valence-corrected chi connectivity index (χ3v) is 4.18. The Morgan fingerprint density at radius 1 is 1.15 bits per heavy atom. The number of piperidine rings is 1. The minimum atomic E-state index is -0.845. The number of rotatable bonds is 5. The Hall–Kier alpha value is -2.28. The first kappa shape index (κ1) is 21.0. The molecule has 1 saturated heterocycles. The molecule has 0 spiro atoms. The first-order valence-corrected chi connectivity index (χ1v) is 9.40. The number of nitrogens with one attached hydrogen (secondary N) is 1. The van der Waals surface area contributed by atoms with Gasteiger partial charge in [-0.05, 0) is 51.2 Å². The van der Waals surface area contributed by atoms with Gasteiger partial charge >= 0.3 is 12.2 Å². The van der Waals surface area contributed by atoms with Crippen molar-refractivity contribution in [1.29, 1.82) is 0 Å². The Labute approximate surface area is 160 Å². The molecule has 2 amide bonds. The molecule has 1 aromatic rings. The normalized spacial score (nSPS) is 15.8. The van der Waals surface area contributed by atoms with Gasteiger partial charge in [0.2, 0.25) is 0 Å². The zero-order chi connectivity index (χ0) is 19.9. The van der Waals surface area contributed by atoms with Crippen molar-refractivity contribution in [3.8, 4) is 0 Å². The molecule has 0 bridgehead atoms. The topological polar surface area (TPSA) is 88.1 Å². The molecule has 1 aliphatic heterocycles. The number of aliphatic hydroxyl groups is 1. The Kier molecular flexibility index (Phi) is 7.47. The minimum Gasteiger partial charge on any atom is -0.445 e. The molecule has 0 aliphatic carbocycles. The van der Waals surface area contributed by atoms with Crippen molar-refractivity contribution in [2.75, 3.05) is 19.6 Å².